The number of rotatable bonds is 6. The van der Waals surface area contributed by atoms with E-state index in [1.807, 2.05) is 30.3 Å². The van der Waals surface area contributed by atoms with Gasteiger partial charge < -0.3 is 9.47 Å². The highest BCUT2D eigenvalue weighted by molar-refractivity contribution is 7.99. The fourth-order valence-corrected chi connectivity index (χ4v) is 6.24. The van der Waals surface area contributed by atoms with Crippen molar-refractivity contribution in [3.8, 4) is 17.2 Å². The van der Waals surface area contributed by atoms with Crippen LogP contribution in [0.25, 0.3) is 27.4 Å². The van der Waals surface area contributed by atoms with E-state index in [4.69, 9.17) is 0 Å². The molecule has 0 aliphatic heterocycles. The van der Waals surface area contributed by atoms with Gasteiger partial charge in [0.1, 0.15) is 0 Å². The minimum atomic E-state index is 0.00836. The van der Waals surface area contributed by atoms with Crippen LogP contribution in [-0.4, -0.2) is 38.0 Å². The molecule has 0 saturated heterocycles. The number of benzene rings is 2. The molecule has 0 saturated carbocycles. The van der Waals surface area contributed by atoms with E-state index in [1.54, 1.807) is 23.3 Å². The molecule has 35 heavy (non-hydrogen) atoms. The Morgan fingerprint density at radius 3 is 2.43 bits per heavy atom. The second-order valence-corrected chi connectivity index (χ2v) is 10.6. The fourth-order valence-electron chi connectivity index (χ4n) is 4.54. The molecule has 0 atom stereocenters. The maximum atomic E-state index is 13.0. The molecule has 2 aromatic carbocycles. The molecule has 5 aromatic rings. The summed E-state index contributed by atoms with van der Waals surface area (Å²) in [6.45, 7) is 6.34. The Labute approximate surface area is 213 Å². The standard InChI is InChI=1S/C27H27N5OS2/c1-17-13-18(2)25(19(3)14-17)32-26(22-15-23-21(31(22)5)11-12-34-23)28-29-27(32)35-16-24(33)30(4)20-9-7-6-8-10-20/h6-15H,16H2,1-5H3. The lowest BCUT2D eigenvalue weighted by atomic mass is 10.0. The number of anilines is 1. The minimum absolute atomic E-state index is 0.00836. The molecule has 8 heteroatoms. The van der Waals surface area contributed by atoms with Crippen LogP contribution in [-0.2, 0) is 11.8 Å². The SMILES string of the molecule is Cc1cc(C)c(-n2c(SCC(=O)N(C)c3ccccc3)nnc2-c2cc3sccc3n2C)c(C)c1. The highest BCUT2D eigenvalue weighted by Gasteiger charge is 2.23. The molecule has 5 rings (SSSR count). The van der Waals surface area contributed by atoms with Gasteiger partial charge in [0.15, 0.2) is 11.0 Å². The molecule has 0 bridgehead atoms. The Morgan fingerprint density at radius 1 is 1.03 bits per heavy atom. The van der Waals surface area contributed by atoms with Crippen LogP contribution in [0.15, 0.2) is 65.1 Å². The van der Waals surface area contributed by atoms with Gasteiger partial charge in [0.05, 0.1) is 27.4 Å². The molecule has 1 amide bonds. The van der Waals surface area contributed by atoms with Gasteiger partial charge in [0, 0.05) is 19.8 Å². The molecule has 0 N–H and O–H groups in total. The van der Waals surface area contributed by atoms with Gasteiger partial charge in [-0.25, -0.2) is 0 Å². The van der Waals surface area contributed by atoms with E-state index in [1.165, 1.54) is 27.5 Å². The van der Waals surface area contributed by atoms with Crippen molar-refractivity contribution in [1.29, 1.82) is 0 Å². The number of thiophene rings is 1. The highest BCUT2D eigenvalue weighted by Crippen LogP contribution is 2.35. The number of thioether (sulfide) groups is 1. The summed E-state index contributed by atoms with van der Waals surface area (Å²) < 4.78 is 5.49. The quantitative estimate of drug-likeness (QED) is 0.261. The van der Waals surface area contributed by atoms with Gasteiger partial charge in [-0.1, -0.05) is 47.7 Å². The molecule has 0 aliphatic carbocycles. The molecule has 178 valence electrons. The molecule has 0 fully saturated rings. The lowest BCUT2D eigenvalue weighted by Crippen LogP contribution is -2.28. The third-order valence-corrected chi connectivity index (χ3v) is 7.99. The largest absolute Gasteiger partial charge is 0.340 e. The monoisotopic (exact) mass is 501 g/mol. The Balaban J connectivity index is 1.56. The van der Waals surface area contributed by atoms with E-state index >= 15 is 0 Å². The van der Waals surface area contributed by atoms with Gasteiger partial charge in [-0.05, 0) is 61.5 Å². The zero-order valence-electron chi connectivity index (χ0n) is 20.4. The molecule has 0 radical (unpaired) electrons. The van der Waals surface area contributed by atoms with Crippen LogP contribution >= 0.6 is 23.1 Å². The zero-order valence-corrected chi connectivity index (χ0v) is 22.1. The minimum Gasteiger partial charge on any atom is -0.340 e. The number of para-hydroxylation sites is 1. The molecular weight excluding hydrogens is 474 g/mol. The van der Waals surface area contributed by atoms with E-state index in [2.05, 4.69) is 76.8 Å². The second kappa shape index (κ2) is 9.36. The van der Waals surface area contributed by atoms with Crippen LogP contribution in [0.1, 0.15) is 16.7 Å². The van der Waals surface area contributed by atoms with Gasteiger partial charge in [-0.15, -0.1) is 21.5 Å². The first-order valence-electron chi connectivity index (χ1n) is 11.4. The van der Waals surface area contributed by atoms with Crippen molar-refractivity contribution in [3.05, 3.63) is 76.7 Å². The predicted molar refractivity (Wildman–Crippen MR) is 146 cm³/mol. The van der Waals surface area contributed by atoms with Gasteiger partial charge in [-0.2, -0.15) is 0 Å². The number of carbonyl (C=O) groups is 1. The van der Waals surface area contributed by atoms with Crippen LogP contribution in [0.4, 0.5) is 5.69 Å². The van der Waals surface area contributed by atoms with E-state index in [0.29, 0.717) is 5.16 Å². The summed E-state index contributed by atoms with van der Waals surface area (Å²) in [6, 6.07) is 18.3. The van der Waals surface area contributed by atoms with Gasteiger partial charge in [0.2, 0.25) is 5.91 Å². The summed E-state index contributed by atoms with van der Waals surface area (Å²) in [5.41, 5.74) is 7.61. The third kappa shape index (κ3) is 4.28. The van der Waals surface area contributed by atoms with Crippen molar-refractivity contribution >= 4 is 44.9 Å². The molecular formula is C27H27N5OS2. The third-order valence-electron chi connectivity index (χ3n) is 6.23. The second-order valence-electron chi connectivity index (χ2n) is 8.72. The molecule has 3 aromatic heterocycles. The van der Waals surface area contributed by atoms with E-state index in [0.717, 1.165) is 34.0 Å². The summed E-state index contributed by atoms with van der Waals surface area (Å²) in [7, 11) is 3.86. The van der Waals surface area contributed by atoms with E-state index in [-0.39, 0.29) is 11.7 Å². The number of aryl methyl sites for hydroxylation is 4. The lowest BCUT2D eigenvalue weighted by Gasteiger charge is -2.18. The summed E-state index contributed by atoms with van der Waals surface area (Å²) in [5, 5.41) is 12.0. The van der Waals surface area contributed by atoms with Crippen LogP contribution in [0.3, 0.4) is 0 Å². The first-order valence-corrected chi connectivity index (χ1v) is 13.2. The number of nitrogens with zero attached hydrogens (tertiary/aromatic N) is 5. The highest BCUT2D eigenvalue weighted by atomic mass is 32.2. The first-order chi connectivity index (χ1) is 16.8. The summed E-state index contributed by atoms with van der Waals surface area (Å²) >= 11 is 3.13. The van der Waals surface area contributed by atoms with E-state index < -0.39 is 0 Å². The first kappa shape index (κ1) is 23.4. The van der Waals surface area contributed by atoms with Crippen LogP contribution in [0.2, 0.25) is 0 Å². The normalized spacial score (nSPS) is 11.3. The Morgan fingerprint density at radius 2 is 1.74 bits per heavy atom. The Hall–Kier alpha value is -3.36. The number of aromatic nitrogens is 4. The van der Waals surface area contributed by atoms with Crippen molar-refractivity contribution < 1.29 is 4.79 Å². The molecule has 0 unspecified atom stereocenters. The van der Waals surface area contributed by atoms with Crippen molar-refractivity contribution in [2.24, 2.45) is 7.05 Å². The van der Waals surface area contributed by atoms with Gasteiger partial charge >= 0.3 is 0 Å². The zero-order chi connectivity index (χ0) is 24.7. The van der Waals surface area contributed by atoms with Crippen molar-refractivity contribution in [3.63, 3.8) is 0 Å². The molecule has 6 nitrogen and oxygen atoms in total. The number of carbonyl (C=O) groups excluding carboxylic acids is 1. The lowest BCUT2D eigenvalue weighted by molar-refractivity contribution is -0.115. The predicted octanol–water partition coefficient (Wildman–Crippen LogP) is 6.17. The van der Waals surface area contributed by atoms with Crippen molar-refractivity contribution in [2.45, 2.75) is 25.9 Å². The molecule has 0 spiro atoms. The average molecular weight is 502 g/mol. The summed E-state index contributed by atoms with van der Waals surface area (Å²) in [6.07, 6.45) is 0. The number of hydrogen-bond acceptors (Lipinski definition) is 5. The molecule has 3 heterocycles. The Kier molecular flexibility index (Phi) is 6.25. The van der Waals surface area contributed by atoms with Crippen molar-refractivity contribution in [2.75, 3.05) is 17.7 Å². The number of fused-ring (bicyclic) bond motifs is 1. The fraction of sp³-hybridized carbons (Fsp3) is 0.222. The van der Waals surface area contributed by atoms with Crippen LogP contribution < -0.4 is 4.90 Å². The van der Waals surface area contributed by atoms with Gasteiger partial charge in [-0.3, -0.25) is 9.36 Å². The maximum absolute atomic E-state index is 13.0. The molecule has 0 aliphatic rings. The number of amides is 1. The average Bonchev–Trinajstić information content (AvgIpc) is 3.53. The smallest absolute Gasteiger partial charge is 0.237 e. The summed E-state index contributed by atoms with van der Waals surface area (Å²) in [5.74, 6) is 1.04. The maximum Gasteiger partial charge on any atom is 0.237 e. The summed E-state index contributed by atoms with van der Waals surface area (Å²) in [4.78, 5) is 14.7. The topological polar surface area (TPSA) is 56.0 Å². The van der Waals surface area contributed by atoms with E-state index in [9.17, 15) is 4.79 Å². The number of hydrogen-bond donors (Lipinski definition) is 0. The van der Waals surface area contributed by atoms with Crippen LogP contribution in [0.5, 0.6) is 0 Å². The van der Waals surface area contributed by atoms with Crippen LogP contribution in [0, 0.1) is 20.8 Å². The van der Waals surface area contributed by atoms with Crippen molar-refractivity contribution in [1.82, 2.24) is 19.3 Å². The van der Waals surface area contributed by atoms with Gasteiger partial charge in [0.25, 0.3) is 0 Å². The Bertz CT molecular complexity index is 1510.